The molecule has 1 aromatic carbocycles. The van der Waals surface area contributed by atoms with Crippen molar-refractivity contribution in [3.05, 3.63) is 35.9 Å². The third kappa shape index (κ3) is 2.16. The Balaban J connectivity index is 2.06. The summed E-state index contributed by atoms with van der Waals surface area (Å²) in [4.78, 5) is 34.1. The molecule has 2 rings (SSSR count). The Morgan fingerprint density at radius 1 is 1.29 bits per heavy atom. The predicted octanol–water partition coefficient (Wildman–Crippen LogP) is -0.155. The maximum Gasteiger partial charge on any atom is 0.338 e. The number of imide groups is 1. The normalized spacial score (nSPS) is 19.6. The van der Waals surface area contributed by atoms with E-state index in [4.69, 9.17) is 10.6 Å². The molecule has 6 heteroatoms. The fourth-order valence-corrected chi connectivity index (χ4v) is 1.49. The molecule has 88 valence electrons. The molecule has 1 fully saturated rings. The SMILES string of the molecule is NN1C(=O)CC(OC(=O)c2ccccc2)C1=O. The average Bonchev–Trinajstić information content (AvgIpc) is 2.58. The van der Waals surface area contributed by atoms with Crippen LogP contribution in [0.1, 0.15) is 16.8 Å². The minimum atomic E-state index is -1.11. The zero-order valence-electron chi connectivity index (χ0n) is 8.83. The molecule has 0 spiro atoms. The monoisotopic (exact) mass is 234 g/mol. The highest BCUT2D eigenvalue weighted by atomic mass is 16.5. The topological polar surface area (TPSA) is 89.7 Å². The molecule has 1 atom stereocenters. The van der Waals surface area contributed by atoms with Crippen molar-refractivity contribution in [2.45, 2.75) is 12.5 Å². The van der Waals surface area contributed by atoms with E-state index in [-0.39, 0.29) is 6.42 Å². The lowest BCUT2D eigenvalue weighted by atomic mass is 10.2. The van der Waals surface area contributed by atoms with Crippen molar-refractivity contribution in [1.29, 1.82) is 0 Å². The van der Waals surface area contributed by atoms with Gasteiger partial charge in [0.05, 0.1) is 12.0 Å². The van der Waals surface area contributed by atoms with E-state index in [1.807, 2.05) is 0 Å². The van der Waals surface area contributed by atoms with E-state index in [2.05, 4.69) is 0 Å². The quantitative estimate of drug-likeness (QED) is 0.332. The first-order valence-electron chi connectivity index (χ1n) is 4.97. The highest BCUT2D eigenvalue weighted by Gasteiger charge is 2.39. The minimum Gasteiger partial charge on any atom is -0.448 e. The van der Waals surface area contributed by atoms with Gasteiger partial charge in [-0.05, 0) is 12.1 Å². The minimum absolute atomic E-state index is 0.200. The summed E-state index contributed by atoms with van der Waals surface area (Å²) < 4.78 is 4.92. The van der Waals surface area contributed by atoms with Gasteiger partial charge in [0.15, 0.2) is 6.10 Å². The smallest absolute Gasteiger partial charge is 0.338 e. The van der Waals surface area contributed by atoms with Crippen molar-refractivity contribution in [3.8, 4) is 0 Å². The summed E-state index contributed by atoms with van der Waals surface area (Å²) in [5, 5.41) is 0.475. The van der Waals surface area contributed by atoms with Crippen LogP contribution in [0.25, 0.3) is 0 Å². The Morgan fingerprint density at radius 2 is 1.94 bits per heavy atom. The van der Waals surface area contributed by atoms with Crippen LogP contribution in [0.3, 0.4) is 0 Å². The Kier molecular flexibility index (Phi) is 2.88. The second kappa shape index (κ2) is 4.34. The third-order valence-corrected chi connectivity index (χ3v) is 2.40. The lowest BCUT2D eigenvalue weighted by Gasteiger charge is -2.09. The molecular formula is C11H10N2O4. The number of esters is 1. The molecule has 1 saturated heterocycles. The van der Waals surface area contributed by atoms with Crippen LogP contribution in [-0.4, -0.2) is 28.9 Å². The molecule has 1 aromatic rings. The number of rotatable bonds is 2. The molecule has 2 amide bonds. The van der Waals surface area contributed by atoms with Gasteiger partial charge in [0, 0.05) is 0 Å². The van der Waals surface area contributed by atoms with Gasteiger partial charge in [0.25, 0.3) is 5.91 Å². The molecule has 1 unspecified atom stereocenters. The van der Waals surface area contributed by atoms with Crippen molar-refractivity contribution in [2.24, 2.45) is 5.84 Å². The summed E-state index contributed by atoms with van der Waals surface area (Å²) in [6.07, 6.45) is -1.31. The van der Waals surface area contributed by atoms with Crippen molar-refractivity contribution >= 4 is 17.8 Å². The van der Waals surface area contributed by atoms with E-state index in [0.717, 1.165) is 0 Å². The van der Waals surface area contributed by atoms with Crippen molar-refractivity contribution in [3.63, 3.8) is 0 Å². The Bertz CT molecular complexity index is 472. The lowest BCUT2D eigenvalue weighted by Crippen LogP contribution is -2.39. The second-order valence-electron chi connectivity index (χ2n) is 3.57. The summed E-state index contributed by atoms with van der Waals surface area (Å²) in [7, 11) is 0. The van der Waals surface area contributed by atoms with Gasteiger partial charge < -0.3 is 4.74 Å². The Labute approximate surface area is 96.9 Å². The largest absolute Gasteiger partial charge is 0.448 e. The molecule has 6 nitrogen and oxygen atoms in total. The van der Waals surface area contributed by atoms with Crippen LogP contribution in [0.2, 0.25) is 0 Å². The maximum atomic E-state index is 11.6. The van der Waals surface area contributed by atoms with E-state index in [0.29, 0.717) is 10.6 Å². The summed E-state index contributed by atoms with van der Waals surface area (Å²) in [6.45, 7) is 0. The number of carbonyl (C=O) groups is 3. The van der Waals surface area contributed by atoms with Crippen LogP contribution in [0.5, 0.6) is 0 Å². The zero-order chi connectivity index (χ0) is 12.4. The second-order valence-corrected chi connectivity index (χ2v) is 3.57. The molecule has 0 saturated carbocycles. The van der Waals surface area contributed by atoms with Crippen molar-refractivity contribution in [2.75, 3.05) is 0 Å². The van der Waals surface area contributed by atoms with E-state index >= 15 is 0 Å². The number of ether oxygens (including phenoxy) is 1. The van der Waals surface area contributed by atoms with Gasteiger partial charge >= 0.3 is 5.97 Å². The van der Waals surface area contributed by atoms with Gasteiger partial charge in [-0.25, -0.2) is 15.6 Å². The molecule has 17 heavy (non-hydrogen) atoms. The van der Waals surface area contributed by atoms with E-state index in [1.165, 1.54) is 0 Å². The molecule has 0 aliphatic carbocycles. The molecule has 2 N–H and O–H groups in total. The summed E-state index contributed by atoms with van der Waals surface area (Å²) >= 11 is 0. The molecule has 0 aromatic heterocycles. The molecule has 1 aliphatic heterocycles. The van der Waals surface area contributed by atoms with Gasteiger partial charge in [-0.1, -0.05) is 18.2 Å². The molecule has 0 radical (unpaired) electrons. The number of nitrogens with zero attached hydrogens (tertiary/aromatic N) is 1. The van der Waals surface area contributed by atoms with Crippen LogP contribution in [-0.2, 0) is 14.3 Å². The fraction of sp³-hybridized carbons (Fsp3) is 0.182. The maximum absolute atomic E-state index is 11.6. The molecule has 0 bridgehead atoms. The first-order valence-corrected chi connectivity index (χ1v) is 4.97. The first kappa shape index (κ1) is 11.3. The van der Waals surface area contributed by atoms with Gasteiger partial charge in [0.1, 0.15) is 0 Å². The van der Waals surface area contributed by atoms with E-state index in [9.17, 15) is 14.4 Å². The van der Waals surface area contributed by atoms with E-state index < -0.39 is 23.9 Å². The van der Waals surface area contributed by atoms with Gasteiger partial charge in [0.2, 0.25) is 5.91 Å². The van der Waals surface area contributed by atoms with Crippen LogP contribution in [0.4, 0.5) is 0 Å². The summed E-state index contributed by atoms with van der Waals surface area (Å²) in [6, 6.07) is 8.22. The van der Waals surface area contributed by atoms with Crippen molar-refractivity contribution in [1.82, 2.24) is 5.01 Å². The van der Waals surface area contributed by atoms with Crippen LogP contribution in [0.15, 0.2) is 30.3 Å². The summed E-state index contributed by atoms with van der Waals surface area (Å²) in [5.74, 6) is 3.27. The van der Waals surface area contributed by atoms with Gasteiger partial charge in [-0.3, -0.25) is 9.59 Å². The number of hydrazine groups is 1. The highest BCUT2D eigenvalue weighted by Crippen LogP contribution is 2.14. The number of hydrogen-bond donors (Lipinski definition) is 1. The van der Waals surface area contributed by atoms with E-state index in [1.54, 1.807) is 30.3 Å². The standard InChI is InChI=1S/C11H10N2O4/c12-13-9(14)6-8(10(13)15)17-11(16)7-4-2-1-3-5-7/h1-5,8H,6,12H2. The van der Waals surface area contributed by atoms with Crippen molar-refractivity contribution < 1.29 is 19.1 Å². The lowest BCUT2D eigenvalue weighted by molar-refractivity contribution is -0.141. The summed E-state index contributed by atoms with van der Waals surface area (Å²) in [5.41, 5.74) is 0.322. The van der Waals surface area contributed by atoms with Gasteiger partial charge in [-0.15, -0.1) is 0 Å². The van der Waals surface area contributed by atoms with Crippen LogP contribution in [0, 0.1) is 0 Å². The number of hydrogen-bond acceptors (Lipinski definition) is 5. The predicted molar refractivity (Wildman–Crippen MR) is 56.3 cm³/mol. The molecule has 1 heterocycles. The number of amides is 2. The number of benzene rings is 1. The zero-order valence-corrected chi connectivity index (χ0v) is 8.83. The Hall–Kier alpha value is -2.21. The number of carbonyl (C=O) groups excluding carboxylic acids is 3. The van der Waals surface area contributed by atoms with Crippen LogP contribution >= 0.6 is 0 Å². The Morgan fingerprint density at radius 3 is 2.47 bits per heavy atom. The first-order chi connectivity index (χ1) is 8.09. The molecular weight excluding hydrogens is 224 g/mol. The average molecular weight is 234 g/mol. The number of nitrogens with two attached hydrogens (primary N) is 1. The molecule has 1 aliphatic rings. The van der Waals surface area contributed by atoms with Gasteiger partial charge in [-0.2, -0.15) is 0 Å². The van der Waals surface area contributed by atoms with Crippen LogP contribution < -0.4 is 5.84 Å². The fourth-order valence-electron chi connectivity index (χ4n) is 1.49. The third-order valence-electron chi connectivity index (χ3n) is 2.40. The highest BCUT2D eigenvalue weighted by molar-refractivity contribution is 6.05.